The lowest BCUT2D eigenvalue weighted by atomic mass is 10.0. The molecule has 2 rings (SSSR count). The van der Waals surface area contributed by atoms with Crippen molar-refractivity contribution in [2.24, 2.45) is 0 Å². The summed E-state index contributed by atoms with van der Waals surface area (Å²) in [5, 5.41) is -3.06. The van der Waals surface area contributed by atoms with E-state index in [4.69, 9.17) is 0 Å². The van der Waals surface area contributed by atoms with Crippen LogP contribution in [0.4, 0.5) is 36.4 Å². The molecule has 0 aliphatic heterocycles. The maximum Gasteiger partial charge on any atom is 0.198 e. The Bertz CT molecular complexity index is 753. The average molecular weight is 325 g/mol. The summed E-state index contributed by atoms with van der Waals surface area (Å²) in [5.74, 6) is -14.4. The van der Waals surface area contributed by atoms with Crippen molar-refractivity contribution >= 4 is 16.5 Å². The zero-order valence-corrected chi connectivity index (χ0v) is 11.5. The fourth-order valence-corrected chi connectivity index (χ4v) is 2.29. The monoisotopic (exact) mass is 325 g/mol. The van der Waals surface area contributed by atoms with E-state index in [2.05, 4.69) is 0 Å². The van der Waals surface area contributed by atoms with Gasteiger partial charge in [0, 0.05) is 13.1 Å². The first-order valence-electron chi connectivity index (χ1n) is 6.34. The van der Waals surface area contributed by atoms with Gasteiger partial charge in [-0.2, -0.15) is 0 Å². The van der Waals surface area contributed by atoms with E-state index in [1.54, 1.807) is 0 Å². The van der Waals surface area contributed by atoms with E-state index in [0.717, 1.165) is 4.90 Å². The summed E-state index contributed by atoms with van der Waals surface area (Å²) in [6, 6.07) is 0. The largest absolute Gasteiger partial charge is 0.367 e. The van der Waals surface area contributed by atoms with Gasteiger partial charge in [0.1, 0.15) is 5.69 Å². The van der Waals surface area contributed by atoms with Gasteiger partial charge < -0.3 is 4.90 Å². The van der Waals surface area contributed by atoms with Crippen molar-refractivity contribution in [2.75, 3.05) is 18.0 Å². The lowest BCUT2D eigenvalue weighted by molar-refractivity contribution is 0.412. The number of fused-ring (bicyclic) bond motifs is 1. The van der Waals surface area contributed by atoms with E-state index in [-0.39, 0.29) is 13.1 Å². The maximum atomic E-state index is 14.3. The SMILES string of the molecule is CCN(CC)c1c(F)c(F)c2c(F)c(F)c(F)c(F)c2c1F. The van der Waals surface area contributed by atoms with Gasteiger partial charge >= 0.3 is 0 Å². The first-order valence-corrected chi connectivity index (χ1v) is 6.34. The minimum atomic E-state index is -2.33. The van der Waals surface area contributed by atoms with Crippen molar-refractivity contribution in [3.8, 4) is 0 Å². The van der Waals surface area contributed by atoms with Gasteiger partial charge in [0.15, 0.2) is 40.7 Å². The second kappa shape index (κ2) is 5.66. The van der Waals surface area contributed by atoms with Crippen LogP contribution in [-0.4, -0.2) is 13.1 Å². The molecule has 0 N–H and O–H groups in total. The minimum Gasteiger partial charge on any atom is -0.367 e. The van der Waals surface area contributed by atoms with Crippen LogP contribution in [0, 0.1) is 40.7 Å². The molecule has 0 saturated heterocycles. The number of rotatable bonds is 3. The summed E-state index contributed by atoms with van der Waals surface area (Å²) in [6.45, 7) is 3.05. The van der Waals surface area contributed by atoms with E-state index >= 15 is 0 Å². The Morgan fingerprint density at radius 3 is 1.32 bits per heavy atom. The molecule has 0 aliphatic carbocycles. The number of anilines is 1. The van der Waals surface area contributed by atoms with Gasteiger partial charge in [-0.1, -0.05) is 0 Å². The van der Waals surface area contributed by atoms with Gasteiger partial charge in [-0.25, -0.2) is 30.7 Å². The summed E-state index contributed by atoms with van der Waals surface area (Å²) >= 11 is 0. The van der Waals surface area contributed by atoms with Crippen molar-refractivity contribution in [3.63, 3.8) is 0 Å². The molecule has 0 radical (unpaired) electrons. The summed E-state index contributed by atoms with van der Waals surface area (Å²) in [5.41, 5.74) is -0.959. The van der Waals surface area contributed by atoms with Crippen LogP contribution in [0.25, 0.3) is 10.8 Å². The predicted molar refractivity (Wildman–Crippen MR) is 67.2 cm³/mol. The Morgan fingerprint density at radius 1 is 0.545 bits per heavy atom. The second-order valence-corrected chi connectivity index (χ2v) is 4.47. The topological polar surface area (TPSA) is 3.24 Å². The predicted octanol–water partition coefficient (Wildman–Crippen LogP) is 4.66. The molecule has 0 fully saturated rings. The number of halogens is 7. The van der Waals surface area contributed by atoms with Gasteiger partial charge in [-0.05, 0) is 13.8 Å². The smallest absolute Gasteiger partial charge is 0.198 e. The van der Waals surface area contributed by atoms with Crippen molar-refractivity contribution in [2.45, 2.75) is 13.8 Å². The highest BCUT2D eigenvalue weighted by atomic mass is 19.2. The fraction of sp³-hybridized carbons (Fsp3) is 0.286. The molecule has 0 bridgehead atoms. The second-order valence-electron chi connectivity index (χ2n) is 4.47. The average Bonchev–Trinajstić information content (AvgIpc) is 2.50. The summed E-state index contributed by atoms with van der Waals surface area (Å²) in [4.78, 5) is 1.01. The molecular formula is C14H10F7N. The van der Waals surface area contributed by atoms with Crippen molar-refractivity contribution in [1.29, 1.82) is 0 Å². The van der Waals surface area contributed by atoms with E-state index in [9.17, 15) is 30.7 Å². The highest BCUT2D eigenvalue weighted by Crippen LogP contribution is 2.37. The normalized spacial score (nSPS) is 11.3. The Morgan fingerprint density at radius 2 is 0.909 bits per heavy atom. The molecule has 0 unspecified atom stereocenters. The molecule has 0 aliphatic rings. The molecule has 2 aromatic rings. The van der Waals surface area contributed by atoms with Gasteiger partial charge in [0.05, 0.1) is 10.8 Å². The van der Waals surface area contributed by atoms with Gasteiger partial charge in [0.25, 0.3) is 0 Å². The van der Waals surface area contributed by atoms with Crippen LogP contribution < -0.4 is 4.90 Å². The van der Waals surface area contributed by atoms with Crippen molar-refractivity contribution in [3.05, 3.63) is 40.7 Å². The van der Waals surface area contributed by atoms with Gasteiger partial charge in [-0.3, -0.25) is 0 Å². The summed E-state index contributed by atoms with van der Waals surface area (Å²) in [7, 11) is 0. The molecule has 0 heterocycles. The van der Waals surface area contributed by atoms with Crippen LogP contribution in [0.1, 0.15) is 13.8 Å². The van der Waals surface area contributed by atoms with E-state index < -0.39 is 57.2 Å². The molecular weight excluding hydrogens is 315 g/mol. The number of hydrogen-bond donors (Lipinski definition) is 0. The lowest BCUT2D eigenvalue weighted by Crippen LogP contribution is -2.25. The van der Waals surface area contributed by atoms with Crippen LogP contribution in [0.3, 0.4) is 0 Å². The number of nitrogens with zero attached hydrogens (tertiary/aromatic N) is 1. The van der Waals surface area contributed by atoms with Crippen molar-refractivity contribution in [1.82, 2.24) is 0 Å². The summed E-state index contributed by atoms with van der Waals surface area (Å²) in [6.07, 6.45) is 0. The third kappa shape index (κ3) is 2.08. The molecule has 120 valence electrons. The molecule has 2 aromatic carbocycles. The quantitative estimate of drug-likeness (QED) is 0.451. The Balaban J connectivity index is 3.07. The van der Waals surface area contributed by atoms with Crippen LogP contribution >= 0.6 is 0 Å². The molecule has 0 saturated carbocycles. The molecule has 0 spiro atoms. The third-order valence-electron chi connectivity index (χ3n) is 3.39. The molecule has 8 heteroatoms. The fourth-order valence-electron chi connectivity index (χ4n) is 2.29. The van der Waals surface area contributed by atoms with Crippen LogP contribution in [0.5, 0.6) is 0 Å². The maximum absolute atomic E-state index is 14.3. The third-order valence-corrected chi connectivity index (χ3v) is 3.39. The Hall–Kier alpha value is -1.99. The summed E-state index contributed by atoms with van der Waals surface area (Å²) < 4.78 is 96.0. The van der Waals surface area contributed by atoms with Gasteiger partial charge in [0.2, 0.25) is 0 Å². The molecule has 22 heavy (non-hydrogen) atoms. The van der Waals surface area contributed by atoms with E-state index in [1.807, 2.05) is 0 Å². The van der Waals surface area contributed by atoms with E-state index in [0.29, 0.717) is 0 Å². The molecule has 0 aromatic heterocycles. The van der Waals surface area contributed by atoms with Crippen molar-refractivity contribution < 1.29 is 30.7 Å². The zero-order valence-electron chi connectivity index (χ0n) is 11.5. The van der Waals surface area contributed by atoms with Crippen LogP contribution in [0.2, 0.25) is 0 Å². The lowest BCUT2D eigenvalue weighted by Gasteiger charge is -2.23. The molecule has 1 nitrogen and oxygen atoms in total. The first kappa shape index (κ1) is 16.4. The van der Waals surface area contributed by atoms with Crippen LogP contribution in [-0.2, 0) is 0 Å². The molecule has 0 atom stereocenters. The first-order chi connectivity index (χ1) is 10.3. The highest BCUT2D eigenvalue weighted by molar-refractivity contribution is 5.89. The van der Waals surface area contributed by atoms with E-state index in [1.165, 1.54) is 13.8 Å². The number of hydrogen-bond acceptors (Lipinski definition) is 1. The zero-order chi connectivity index (χ0) is 16.8. The minimum absolute atomic E-state index is 0.0308. The standard InChI is InChI=1S/C14H10F7N/c1-3-22(4-2)14-10(18)6-5(9(17)13(14)21)7(15)11(19)12(20)8(6)16/h3-4H2,1-2H3. The van der Waals surface area contributed by atoms with Gasteiger partial charge in [-0.15, -0.1) is 0 Å². The highest BCUT2D eigenvalue weighted by Gasteiger charge is 2.31. The Labute approximate surface area is 120 Å². The molecule has 0 amide bonds. The van der Waals surface area contributed by atoms with Crippen LogP contribution in [0.15, 0.2) is 0 Å². The Kier molecular flexibility index (Phi) is 4.21. The number of benzene rings is 2.